The number of amides is 1. The number of carbonyl (C=O) groups excluding carboxylic acids is 1. The summed E-state index contributed by atoms with van der Waals surface area (Å²) in [6.45, 7) is 0.762. The van der Waals surface area contributed by atoms with E-state index < -0.39 is 11.7 Å². The van der Waals surface area contributed by atoms with Crippen molar-refractivity contribution in [3.8, 4) is 0 Å². The van der Waals surface area contributed by atoms with Crippen LogP contribution in [0, 0.1) is 0 Å². The minimum Gasteiger partial charge on any atom is -0.378 e. The van der Waals surface area contributed by atoms with Crippen LogP contribution in [0.4, 0.5) is 18.3 Å². The van der Waals surface area contributed by atoms with Gasteiger partial charge in [-0.05, 0) is 30.9 Å². The lowest BCUT2D eigenvalue weighted by Crippen LogP contribution is -2.15. The van der Waals surface area contributed by atoms with Crippen molar-refractivity contribution in [3.05, 3.63) is 46.5 Å². The zero-order valence-electron chi connectivity index (χ0n) is 14.0. The van der Waals surface area contributed by atoms with Crippen LogP contribution in [0.25, 0.3) is 0 Å². The highest BCUT2D eigenvalue weighted by atomic mass is 32.1. The maximum absolute atomic E-state index is 12.8. The molecule has 1 fully saturated rings. The van der Waals surface area contributed by atoms with Gasteiger partial charge in [0.15, 0.2) is 5.13 Å². The summed E-state index contributed by atoms with van der Waals surface area (Å²) in [5.41, 5.74) is -0.109. The third-order valence-corrected chi connectivity index (χ3v) is 5.06. The number of rotatable bonds is 6. The van der Waals surface area contributed by atoms with Crippen molar-refractivity contribution in [2.75, 3.05) is 11.9 Å². The number of halogens is 3. The second-order valence-electron chi connectivity index (χ2n) is 6.23. The summed E-state index contributed by atoms with van der Waals surface area (Å²) in [6, 6.07) is 5.23. The first-order valence-electron chi connectivity index (χ1n) is 8.42. The van der Waals surface area contributed by atoms with Gasteiger partial charge >= 0.3 is 6.18 Å². The summed E-state index contributed by atoms with van der Waals surface area (Å²) in [7, 11) is 0. The lowest BCUT2D eigenvalue weighted by molar-refractivity contribution is -0.137. The van der Waals surface area contributed by atoms with Crippen molar-refractivity contribution >= 4 is 22.4 Å². The molecule has 0 bridgehead atoms. The van der Waals surface area contributed by atoms with Crippen molar-refractivity contribution in [3.63, 3.8) is 0 Å². The molecule has 0 radical (unpaired) electrons. The standard InChI is InChI=1S/C18H19F3N2O2S/c19-18(20,21)13-4-1-3-12(9-13)10-15-11-22-17(26-15)23-16(24)7-6-14-5-2-8-25-14/h1,3-4,9,11,14H,2,5-8,10H2,(H,22,23,24)/t14-/m0/s1. The molecule has 8 heteroatoms. The highest BCUT2D eigenvalue weighted by Gasteiger charge is 2.30. The molecule has 1 aromatic heterocycles. The van der Waals surface area contributed by atoms with Crippen LogP contribution in [0.3, 0.4) is 0 Å². The number of nitrogens with one attached hydrogen (secondary N) is 1. The Morgan fingerprint density at radius 2 is 2.23 bits per heavy atom. The third-order valence-electron chi connectivity index (χ3n) is 4.15. The van der Waals surface area contributed by atoms with E-state index in [1.165, 1.54) is 17.4 Å². The second kappa shape index (κ2) is 8.18. The van der Waals surface area contributed by atoms with E-state index in [1.807, 2.05) is 0 Å². The van der Waals surface area contributed by atoms with E-state index in [0.29, 0.717) is 30.0 Å². The quantitative estimate of drug-likeness (QED) is 0.789. The minimum absolute atomic E-state index is 0.125. The SMILES string of the molecule is O=C(CC[C@@H]1CCCO1)Nc1ncc(Cc2cccc(C(F)(F)F)c2)s1. The van der Waals surface area contributed by atoms with E-state index in [-0.39, 0.29) is 12.0 Å². The summed E-state index contributed by atoms with van der Waals surface area (Å²) in [5.74, 6) is -0.125. The fourth-order valence-electron chi connectivity index (χ4n) is 2.85. The van der Waals surface area contributed by atoms with Gasteiger partial charge in [-0.2, -0.15) is 13.2 Å². The first kappa shape index (κ1) is 18.8. The third kappa shape index (κ3) is 5.28. The Balaban J connectivity index is 1.53. The molecule has 1 aromatic carbocycles. The summed E-state index contributed by atoms with van der Waals surface area (Å²) in [5, 5.41) is 3.20. The fraction of sp³-hybridized carbons (Fsp3) is 0.444. The number of aromatic nitrogens is 1. The average molecular weight is 384 g/mol. The molecule has 1 aliphatic heterocycles. The van der Waals surface area contributed by atoms with Crippen LogP contribution in [-0.2, 0) is 22.1 Å². The highest BCUT2D eigenvalue weighted by molar-refractivity contribution is 7.15. The minimum atomic E-state index is -4.36. The molecule has 3 rings (SSSR count). The number of carbonyl (C=O) groups is 1. The van der Waals surface area contributed by atoms with Gasteiger partial charge in [0, 0.05) is 30.5 Å². The molecule has 140 valence electrons. The molecular weight excluding hydrogens is 365 g/mol. The highest BCUT2D eigenvalue weighted by Crippen LogP contribution is 2.30. The van der Waals surface area contributed by atoms with E-state index in [9.17, 15) is 18.0 Å². The maximum atomic E-state index is 12.8. The van der Waals surface area contributed by atoms with Gasteiger partial charge in [-0.1, -0.05) is 18.2 Å². The molecule has 2 heterocycles. The molecule has 1 atom stereocenters. The lowest BCUT2D eigenvalue weighted by Gasteiger charge is -2.08. The molecule has 0 aliphatic carbocycles. The van der Waals surface area contributed by atoms with Crippen molar-refractivity contribution in [1.29, 1.82) is 0 Å². The Morgan fingerprint density at radius 3 is 2.96 bits per heavy atom. The predicted molar refractivity (Wildman–Crippen MR) is 93.2 cm³/mol. The van der Waals surface area contributed by atoms with Crippen LogP contribution in [0.1, 0.15) is 41.7 Å². The number of thiazole rings is 1. The van der Waals surface area contributed by atoms with E-state index >= 15 is 0 Å². The van der Waals surface area contributed by atoms with E-state index in [0.717, 1.165) is 36.5 Å². The predicted octanol–water partition coefficient (Wildman–Crippen LogP) is 4.65. The molecule has 26 heavy (non-hydrogen) atoms. The van der Waals surface area contributed by atoms with Crippen molar-refractivity contribution < 1.29 is 22.7 Å². The summed E-state index contributed by atoms with van der Waals surface area (Å²) in [6.07, 6.45) is 0.818. The van der Waals surface area contributed by atoms with Gasteiger partial charge in [0.05, 0.1) is 11.7 Å². The van der Waals surface area contributed by atoms with Gasteiger partial charge in [0.1, 0.15) is 0 Å². The lowest BCUT2D eigenvalue weighted by atomic mass is 10.1. The molecule has 1 aliphatic rings. The summed E-state index contributed by atoms with van der Waals surface area (Å²) >= 11 is 1.27. The second-order valence-corrected chi connectivity index (χ2v) is 7.34. The fourth-order valence-corrected chi connectivity index (χ4v) is 3.71. The Hall–Kier alpha value is -1.93. The molecular formula is C18H19F3N2O2S. The van der Waals surface area contributed by atoms with Crippen LogP contribution in [0.2, 0.25) is 0 Å². The van der Waals surface area contributed by atoms with Gasteiger partial charge in [0.25, 0.3) is 0 Å². The van der Waals surface area contributed by atoms with Gasteiger partial charge in [0.2, 0.25) is 5.91 Å². The van der Waals surface area contributed by atoms with E-state index in [4.69, 9.17) is 4.74 Å². The molecule has 1 amide bonds. The van der Waals surface area contributed by atoms with Crippen molar-refractivity contribution in [1.82, 2.24) is 4.98 Å². The number of hydrogen-bond acceptors (Lipinski definition) is 4. The molecule has 0 unspecified atom stereocenters. The molecule has 2 aromatic rings. The van der Waals surface area contributed by atoms with E-state index in [1.54, 1.807) is 12.3 Å². The molecule has 1 saturated heterocycles. The number of benzene rings is 1. The van der Waals surface area contributed by atoms with Gasteiger partial charge < -0.3 is 10.1 Å². The van der Waals surface area contributed by atoms with Crippen LogP contribution < -0.4 is 5.32 Å². The first-order chi connectivity index (χ1) is 12.4. The molecule has 4 nitrogen and oxygen atoms in total. The normalized spacial score (nSPS) is 17.4. The molecule has 0 saturated carbocycles. The van der Waals surface area contributed by atoms with Gasteiger partial charge in [-0.3, -0.25) is 4.79 Å². The zero-order valence-corrected chi connectivity index (χ0v) is 14.8. The topological polar surface area (TPSA) is 51.2 Å². The Bertz CT molecular complexity index is 755. The summed E-state index contributed by atoms with van der Waals surface area (Å²) < 4.78 is 43.8. The Kier molecular flexibility index (Phi) is 5.93. The molecule has 0 spiro atoms. The van der Waals surface area contributed by atoms with Crippen molar-refractivity contribution in [2.24, 2.45) is 0 Å². The molecule has 1 N–H and O–H groups in total. The van der Waals surface area contributed by atoms with Crippen molar-refractivity contribution in [2.45, 2.75) is 44.4 Å². The first-order valence-corrected chi connectivity index (χ1v) is 9.24. The van der Waals surface area contributed by atoms with Gasteiger partial charge in [-0.25, -0.2) is 4.98 Å². The monoisotopic (exact) mass is 384 g/mol. The van der Waals surface area contributed by atoms with Gasteiger partial charge in [-0.15, -0.1) is 11.3 Å². The number of alkyl halides is 3. The van der Waals surface area contributed by atoms with E-state index in [2.05, 4.69) is 10.3 Å². The zero-order chi connectivity index (χ0) is 18.6. The van der Waals surface area contributed by atoms with Crippen LogP contribution in [0.5, 0.6) is 0 Å². The number of nitrogens with zero attached hydrogens (tertiary/aromatic N) is 1. The number of ether oxygens (including phenoxy) is 1. The average Bonchev–Trinajstić information content (AvgIpc) is 3.24. The Labute approximate surface area is 153 Å². The number of hydrogen-bond donors (Lipinski definition) is 1. The summed E-state index contributed by atoms with van der Waals surface area (Å²) in [4.78, 5) is 16.9. The maximum Gasteiger partial charge on any atom is 0.416 e. The smallest absolute Gasteiger partial charge is 0.378 e. The largest absolute Gasteiger partial charge is 0.416 e. The van der Waals surface area contributed by atoms with Crippen LogP contribution in [-0.4, -0.2) is 23.6 Å². The Morgan fingerprint density at radius 1 is 1.38 bits per heavy atom. The van der Waals surface area contributed by atoms with Crippen LogP contribution >= 0.6 is 11.3 Å². The number of anilines is 1. The van der Waals surface area contributed by atoms with Crippen LogP contribution in [0.15, 0.2) is 30.5 Å².